The van der Waals surface area contributed by atoms with Crippen molar-refractivity contribution in [1.82, 2.24) is 5.32 Å². The molecule has 0 bridgehead atoms. The van der Waals surface area contributed by atoms with Crippen LogP contribution in [-0.4, -0.2) is 87.5 Å². The van der Waals surface area contributed by atoms with Gasteiger partial charge in [-0.25, -0.2) is 0 Å². The molecule has 0 saturated carbocycles. The Morgan fingerprint density at radius 1 is 0.486 bits per heavy atom. The van der Waals surface area contributed by atoms with Crippen LogP contribution in [0.2, 0.25) is 0 Å². The van der Waals surface area contributed by atoms with Gasteiger partial charge in [0.05, 0.1) is 25.4 Å². The Bertz CT molecular complexity index is 1150. The predicted octanol–water partition coefficient (Wildman–Crippen LogP) is 15.4. The van der Waals surface area contributed by atoms with Crippen molar-refractivity contribution >= 4 is 5.91 Å². The lowest BCUT2D eigenvalue weighted by atomic mass is 9.99. The summed E-state index contributed by atoms with van der Waals surface area (Å²) in [7, 11) is 0. The monoisotopic (exact) mass is 992 g/mol. The molecule has 0 aromatic carbocycles. The minimum Gasteiger partial charge on any atom is -0.394 e. The summed E-state index contributed by atoms with van der Waals surface area (Å²) in [4.78, 5) is 12.9. The van der Waals surface area contributed by atoms with Gasteiger partial charge in [-0.1, -0.05) is 276 Å². The van der Waals surface area contributed by atoms with Crippen molar-refractivity contribution in [1.29, 1.82) is 0 Å². The van der Waals surface area contributed by atoms with Gasteiger partial charge in [-0.05, 0) is 44.9 Å². The van der Waals surface area contributed by atoms with Gasteiger partial charge in [-0.15, -0.1) is 0 Å². The molecule has 0 aromatic rings. The van der Waals surface area contributed by atoms with E-state index in [-0.39, 0.29) is 12.5 Å². The number of amides is 1. The number of unbranched alkanes of at least 4 members (excludes halogenated alkanes) is 39. The molecule has 7 atom stereocenters. The average Bonchev–Trinajstić information content (AvgIpc) is 3.36. The van der Waals surface area contributed by atoms with Crippen LogP contribution >= 0.6 is 0 Å². The van der Waals surface area contributed by atoms with E-state index in [2.05, 4.69) is 43.5 Å². The average molecular weight is 993 g/mol. The molecule has 1 aliphatic rings. The lowest BCUT2D eigenvalue weighted by molar-refractivity contribution is -0.302. The van der Waals surface area contributed by atoms with Crippen LogP contribution in [0.5, 0.6) is 0 Å². The lowest BCUT2D eigenvalue weighted by Gasteiger charge is -2.40. The fraction of sp³-hybridized carbons (Fsp3) is 0.918. The van der Waals surface area contributed by atoms with Gasteiger partial charge in [0.25, 0.3) is 0 Å². The Balaban J connectivity index is 1.91. The van der Waals surface area contributed by atoms with E-state index in [1.165, 1.54) is 231 Å². The largest absolute Gasteiger partial charge is 0.394 e. The molecule has 414 valence electrons. The van der Waals surface area contributed by atoms with Crippen LogP contribution in [0.15, 0.2) is 24.3 Å². The molecule has 1 heterocycles. The number of aliphatic hydroxyl groups is 5. The van der Waals surface area contributed by atoms with Crippen LogP contribution < -0.4 is 5.32 Å². The number of rotatable bonds is 53. The van der Waals surface area contributed by atoms with E-state index >= 15 is 0 Å². The van der Waals surface area contributed by atoms with E-state index < -0.39 is 49.5 Å². The van der Waals surface area contributed by atoms with Crippen molar-refractivity contribution < 1.29 is 39.8 Å². The summed E-state index contributed by atoms with van der Waals surface area (Å²) in [6.45, 7) is 3.78. The van der Waals surface area contributed by atoms with Crippen molar-refractivity contribution in [2.45, 2.75) is 346 Å². The highest BCUT2D eigenvalue weighted by molar-refractivity contribution is 5.76. The maximum absolute atomic E-state index is 12.9. The summed E-state index contributed by atoms with van der Waals surface area (Å²) < 4.78 is 11.2. The Kier molecular flexibility index (Phi) is 48.7. The van der Waals surface area contributed by atoms with E-state index in [9.17, 15) is 30.3 Å². The van der Waals surface area contributed by atoms with Crippen molar-refractivity contribution in [3.8, 4) is 0 Å². The highest BCUT2D eigenvalue weighted by Crippen LogP contribution is 2.23. The summed E-state index contributed by atoms with van der Waals surface area (Å²) in [5.74, 6) is -0.144. The van der Waals surface area contributed by atoms with E-state index in [4.69, 9.17) is 9.47 Å². The number of carbonyl (C=O) groups excluding carboxylic acids is 1. The Hall–Kier alpha value is -1.33. The molecule has 1 aliphatic heterocycles. The summed E-state index contributed by atoms with van der Waals surface area (Å²) in [5.41, 5.74) is 0. The van der Waals surface area contributed by atoms with E-state index in [0.717, 1.165) is 44.9 Å². The molecule has 1 saturated heterocycles. The van der Waals surface area contributed by atoms with Crippen molar-refractivity contribution in [2.75, 3.05) is 13.2 Å². The van der Waals surface area contributed by atoms with Crippen molar-refractivity contribution in [3.63, 3.8) is 0 Å². The van der Waals surface area contributed by atoms with Crippen LogP contribution in [-0.2, 0) is 14.3 Å². The molecule has 0 aliphatic carbocycles. The van der Waals surface area contributed by atoms with Gasteiger partial charge in [0.15, 0.2) is 6.29 Å². The van der Waals surface area contributed by atoms with Crippen LogP contribution in [0.1, 0.15) is 303 Å². The third-order valence-electron chi connectivity index (χ3n) is 14.8. The molecule has 0 aromatic heterocycles. The van der Waals surface area contributed by atoms with Gasteiger partial charge < -0.3 is 40.3 Å². The van der Waals surface area contributed by atoms with Gasteiger partial charge in [-0.3, -0.25) is 4.79 Å². The molecule has 0 radical (unpaired) electrons. The molecule has 0 spiro atoms. The first-order chi connectivity index (χ1) is 34.3. The Morgan fingerprint density at radius 3 is 1.23 bits per heavy atom. The SMILES string of the molecule is CCCCCCC/C=C\C/C=C\CCCCCCCCCCCCCCCCCCCCCCCCCCCCCCCC(=O)NC(COC1OC(CO)C(O)C(O)C1O)C(O)CCCCCCCC. The van der Waals surface area contributed by atoms with Gasteiger partial charge in [0, 0.05) is 6.42 Å². The minimum absolute atomic E-state index is 0.135. The van der Waals surface area contributed by atoms with Crippen LogP contribution in [0.3, 0.4) is 0 Å². The number of carbonyl (C=O) groups is 1. The highest BCUT2D eigenvalue weighted by atomic mass is 16.7. The molecule has 70 heavy (non-hydrogen) atoms. The Morgan fingerprint density at radius 2 is 0.843 bits per heavy atom. The number of allylic oxidation sites excluding steroid dienone is 4. The molecule has 1 rings (SSSR count). The zero-order valence-electron chi connectivity index (χ0n) is 46.0. The lowest BCUT2D eigenvalue weighted by Crippen LogP contribution is -2.60. The molecule has 7 unspecified atom stereocenters. The molecule has 9 nitrogen and oxygen atoms in total. The third kappa shape index (κ3) is 40.1. The van der Waals surface area contributed by atoms with Gasteiger partial charge in [-0.2, -0.15) is 0 Å². The van der Waals surface area contributed by atoms with E-state index in [1.807, 2.05) is 0 Å². The number of aliphatic hydroxyl groups excluding tert-OH is 5. The maximum atomic E-state index is 12.9. The van der Waals surface area contributed by atoms with Crippen LogP contribution in [0.4, 0.5) is 0 Å². The minimum atomic E-state index is -1.55. The normalized spacial score (nSPS) is 19.4. The summed E-state index contributed by atoms with van der Waals surface area (Å²) in [5, 5.41) is 54.1. The van der Waals surface area contributed by atoms with Gasteiger partial charge in [0.2, 0.25) is 5.91 Å². The first-order valence-corrected chi connectivity index (χ1v) is 30.5. The standard InChI is InChI=1S/C61H117NO8/c1-3-5-7-9-11-12-13-14-15-16-17-18-19-20-21-22-23-24-25-26-27-28-29-30-31-32-33-34-35-36-37-38-39-40-41-42-43-44-45-47-49-51-57(65)62-54(55(64)50-48-46-10-8-6-4-2)53-69-61-60(68)59(67)58(66)56(52-63)70-61/h13-14,16-17,54-56,58-61,63-64,66-68H,3-12,15,18-53H2,1-2H3,(H,62,65)/b14-13-,17-16-. The first-order valence-electron chi connectivity index (χ1n) is 30.5. The maximum Gasteiger partial charge on any atom is 0.220 e. The fourth-order valence-electron chi connectivity index (χ4n) is 9.96. The molecule has 9 heteroatoms. The quantitative estimate of drug-likeness (QED) is 0.0261. The van der Waals surface area contributed by atoms with Crippen LogP contribution in [0.25, 0.3) is 0 Å². The summed E-state index contributed by atoms with van der Waals surface area (Å²) in [6.07, 6.45) is 58.8. The topological polar surface area (TPSA) is 149 Å². The second kappa shape index (κ2) is 51.2. The van der Waals surface area contributed by atoms with Gasteiger partial charge >= 0.3 is 0 Å². The molecule has 1 fully saturated rings. The number of nitrogens with one attached hydrogen (secondary N) is 1. The second-order valence-corrected chi connectivity index (χ2v) is 21.5. The van der Waals surface area contributed by atoms with E-state index in [0.29, 0.717) is 12.8 Å². The zero-order chi connectivity index (χ0) is 50.8. The van der Waals surface area contributed by atoms with Crippen LogP contribution in [0, 0.1) is 0 Å². The molecule has 1 amide bonds. The summed E-state index contributed by atoms with van der Waals surface area (Å²) in [6, 6.07) is -0.712. The third-order valence-corrected chi connectivity index (χ3v) is 14.8. The van der Waals surface area contributed by atoms with Gasteiger partial charge in [0.1, 0.15) is 24.4 Å². The molecule has 6 N–H and O–H groups in total. The summed E-state index contributed by atoms with van der Waals surface area (Å²) >= 11 is 0. The van der Waals surface area contributed by atoms with E-state index in [1.54, 1.807) is 0 Å². The van der Waals surface area contributed by atoms with Crippen molar-refractivity contribution in [3.05, 3.63) is 24.3 Å². The zero-order valence-corrected chi connectivity index (χ0v) is 46.0. The predicted molar refractivity (Wildman–Crippen MR) is 295 cm³/mol. The second-order valence-electron chi connectivity index (χ2n) is 21.5. The van der Waals surface area contributed by atoms with Crippen molar-refractivity contribution in [2.24, 2.45) is 0 Å². The Labute approximate surface area is 432 Å². The number of hydrogen-bond acceptors (Lipinski definition) is 8. The molecular weight excluding hydrogens is 875 g/mol. The smallest absolute Gasteiger partial charge is 0.220 e. The fourth-order valence-corrected chi connectivity index (χ4v) is 9.96. The molecular formula is C61H117NO8. The number of ether oxygens (including phenoxy) is 2. The number of hydrogen-bond donors (Lipinski definition) is 6. The first kappa shape index (κ1) is 66.7. The highest BCUT2D eigenvalue weighted by Gasteiger charge is 2.44.